The third-order valence-corrected chi connectivity index (χ3v) is 3.03. The number of nitro groups is 1. The van der Waals surface area contributed by atoms with Crippen molar-refractivity contribution in [3.05, 3.63) is 63.2 Å². The fourth-order valence-electron chi connectivity index (χ4n) is 1.86. The van der Waals surface area contributed by atoms with Crippen molar-refractivity contribution in [2.75, 3.05) is 5.73 Å². The smallest absolute Gasteiger partial charge is 0.292 e. The zero-order chi connectivity index (χ0) is 14.7. The monoisotopic (exact) mass is 272 g/mol. The van der Waals surface area contributed by atoms with Crippen LogP contribution in [0.5, 0.6) is 5.75 Å². The molecule has 0 amide bonds. The predicted molar refractivity (Wildman–Crippen MR) is 77.8 cm³/mol. The number of aryl methyl sites for hydroxylation is 2. The highest BCUT2D eigenvalue weighted by Crippen LogP contribution is 2.24. The van der Waals surface area contributed by atoms with Gasteiger partial charge in [-0.05, 0) is 42.7 Å². The number of rotatable bonds is 4. The van der Waals surface area contributed by atoms with Gasteiger partial charge in [-0.1, -0.05) is 18.2 Å². The van der Waals surface area contributed by atoms with E-state index < -0.39 is 4.92 Å². The lowest BCUT2D eigenvalue weighted by Gasteiger charge is -2.10. The van der Waals surface area contributed by atoms with E-state index in [0.717, 1.165) is 16.9 Å². The lowest BCUT2D eigenvalue weighted by Crippen LogP contribution is -2.01. The molecule has 20 heavy (non-hydrogen) atoms. The summed E-state index contributed by atoms with van der Waals surface area (Å²) < 4.78 is 5.71. The summed E-state index contributed by atoms with van der Waals surface area (Å²) in [7, 11) is 0. The van der Waals surface area contributed by atoms with Crippen LogP contribution in [0.3, 0.4) is 0 Å². The van der Waals surface area contributed by atoms with Crippen LogP contribution in [-0.2, 0) is 6.61 Å². The molecular weight excluding hydrogens is 256 g/mol. The molecule has 0 aliphatic rings. The lowest BCUT2D eigenvalue weighted by molar-refractivity contribution is -0.384. The van der Waals surface area contributed by atoms with Crippen LogP contribution in [0.1, 0.15) is 16.7 Å². The molecule has 0 saturated carbocycles. The van der Waals surface area contributed by atoms with Crippen molar-refractivity contribution in [3.8, 4) is 5.75 Å². The van der Waals surface area contributed by atoms with Crippen LogP contribution in [0.2, 0.25) is 0 Å². The molecule has 5 nitrogen and oxygen atoms in total. The molecule has 2 rings (SSSR count). The first-order chi connectivity index (χ1) is 9.47. The molecule has 2 aromatic carbocycles. The van der Waals surface area contributed by atoms with Crippen molar-refractivity contribution in [1.29, 1.82) is 0 Å². The number of nitrogen functional groups attached to an aromatic ring is 1. The highest BCUT2D eigenvalue weighted by molar-refractivity contribution is 5.59. The molecule has 2 N–H and O–H groups in total. The van der Waals surface area contributed by atoms with Gasteiger partial charge in [-0.25, -0.2) is 0 Å². The van der Waals surface area contributed by atoms with Gasteiger partial charge in [0.25, 0.3) is 5.69 Å². The van der Waals surface area contributed by atoms with Crippen LogP contribution >= 0.6 is 0 Å². The Morgan fingerprint density at radius 3 is 2.65 bits per heavy atom. The maximum Gasteiger partial charge on any atom is 0.292 e. The summed E-state index contributed by atoms with van der Waals surface area (Å²) in [6, 6.07) is 10.6. The molecule has 0 bridgehead atoms. The highest BCUT2D eigenvalue weighted by atomic mass is 16.6. The van der Waals surface area contributed by atoms with Crippen molar-refractivity contribution < 1.29 is 9.66 Å². The van der Waals surface area contributed by atoms with Crippen molar-refractivity contribution in [2.45, 2.75) is 20.5 Å². The van der Waals surface area contributed by atoms with E-state index in [0.29, 0.717) is 5.56 Å². The zero-order valence-electron chi connectivity index (χ0n) is 11.4. The minimum atomic E-state index is -0.489. The van der Waals surface area contributed by atoms with Gasteiger partial charge in [-0.2, -0.15) is 0 Å². The van der Waals surface area contributed by atoms with Gasteiger partial charge in [-0.15, -0.1) is 0 Å². The third kappa shape index (κ3) is 3.06. The molecule has 0 aliphatic heterocycles. The van der Waals surface area contributed by atoms with E-state index in [-0.39, 0.29) is 18.0 Å². The Morgan fingerprint density at radius 2 is 1.95 bits per heavy atom. The number of ether oxygens (including phenoxy) is 1. The number of benzene rings is 2. The van der Waals surface area contributed by atoms with Gasteiger partial charge >= 0.3 is 0 Å². The van der Waals surface area contributed by atoms with Gasteiger partial charge in [0.05, 0.1) is 4.92 Å². The van der Waals surface area contributed by atoms with Crippen LogP contribution < -0.4 is 10.5 Å². The minimum absolute atomic E-state index is 0.0907. The molecule has 0 saturated heterocycles. The first-order valence-corrected chi connectivity index (χ1v) is 6.20. The summed E-state index contributed by atoms with van der Waals surface area (Å²) >= 11 is 0. The van der Waals surface area contributed by atoms with Gasteiger partial charge in [0.2, 0.25) is 0 Å². The van der Waals surface area contributed by atoms with E-state index in [4.69, 9.17) is 10.5 Å². The second-order valence-electron chi connectivity index (χ2n) is 4.71. The summed E-state index contributed by atoms with van der Waals surface area (Å²) in [6.07, 6.45) is 0. The minimum Gasteiger partial charge on any atom is -0.489 e. The molecule has 0 spiro atoms. The van der Waals surface area contributed by atoms with Crippen molar-refractivity contribution in [1.82, 2.24) is 0 Å². The van der Waals surface area contributed by atoms with E-state index in [1.54, 1.807) is 6.07 Å². The maximum absolute atomic E-state index is 10.8. The topological polar surface area (TPSA) is 78.4 Å². The zero-order valence-corrected chi connectivity index (χ0v) is 11.4. The Bertz CT molecular complexity index is 654. The summed E-state index contributed by atoms with van der Waals surface area (Å²) in [5.41, 5.74) is 8.47. The first kappa shape index (κ1) is 13.9. The average molecular weight is 272 g/mol. The number of nitrogens with zero attached hydrogens (tertiary/aromatic N) is 1. The molecule has 0 aromatic heterocycles. The van der Waals surface area contributed by atoms with Gasteiger partial charge in [0.1, 0.15) is 18.0 Å². The van der Waals surface area contributed by atoms with Crippen LogP contribution in [0.4, 0.5) is 11.4 Å². The second-order valence-corrected chi connectivity index (χ2v) is 4.71. The van der Waals surface area contributed by atoms with Crippen LogP contribution in [0, 0.1) is 24.0 Å². The molecule has 0 unspecified atom stereocenters. The SMILES string of the molecule is Cc1ccc(C)c(OCc2ccc(N)c([N+](=O)[O-])c2)c1. The molecule has 0 atom stereocenters. The number of anilines is 1. The Morgan fingerprint density at radius 1 is 1.20 bits per heavy atom. The van der Waals surface area contributed by atoms with Crippen molar-refractivity contribution >= 4 is 11.4 Å². The predicted octanol–water partition coefficient (Wildman–Crippen LogP) is 3.37. The number of hydrogen-bond acceptors (Lipinski definition) is 4. The highest BCUT2D eigenvalue weighted by Gasteiger charge is 2.12. The molecule has 2 aromatic rings. The summed E-state index contributed by atoms with van der Waals surface area (Å²) in [5.74, 6) is 0.782. The fourth-order valence-corrected chi connectivity index (χ4v) is 1.86. The van der Waals surface area contributed by atoms with E-state index >= 15 is 0 Å². The standard InChI is InChI=1S/C15H16N2O3/c1-10-3-4-11(2)15(7-10)20-9-12-5-6-13(16)14(8-12)17(18)19/h3-8H,9,16H2,1-2H3. The lowest BCUT2D eigenvalue weighted by atomic mass is 10.1. The van der Waals surface area contributed by atoms with Crippen LogP contribution in [-0.4, -0.2) is 4.92 Å². The van der Waals surface area contributed by atoms with Crippen LogP contribution in [0.15, 0.2) is 36.4 Å². The Hall–Kier alpha value is -2.56. The van der Waals surface area contributed by atoms with Gasteiger partial charge in [0, 0.05) is 6.07 Å². The summed E-state index contributed by atoms with van der Waals surface area (Å²) in [6.45, 7) is 4.21. The molecule has 104 valence electrons. The molecule has 5 heteroatoms. The maximum atomic E-state index is 10.8. The Labute approximate surface area is 117 Å². The van der Waals surface area contributed by atoms with E-state index in [1.807, 2.05) is 32.0 Å². The van der Waals surface area contributed by atoms with Gasteiger partial charge < -0.3 is 10.5 Å². The van der Waals surface area contributed by atoms with Crippen molar-refractivity contribution in [2.24, 2.45) is 0 Å². The molecular formula is C15H16N2O3. The number of nitro benzene ring substituents is 1. The first-order valence-electron chi connectivity index (χ1n) is 6.20. The van der Waals surface area contributed by atoms with E-state index in [1.165, 1.54) is 12.1 Å². The van der Waals surface area contributed by atoms with E-state index in [9.17, 15) is 10.1 Å². The third-order valence-electron chi connectivity index (χ3n) is 3.03. The van der Waals surface area contributed by atoms with E-state index in [2.05, 4.69) is 0 Å². The number of hydrogen-bond donors (Lipinski definition) is 1. The average Bonchev–Trinajstić information content (AvgIpc) is 2.41. The normalized spacial score (nSPS) is 10.3. The molecule has 0 heterocycles. The Balaban J connectivity index is 2.17. The quantitative estimate of drug-likeness (QED) is 0.525. The van der Waals surface area contributed by atoms with Crippen LogP contribution in [0.25, 0.3) is 0 Å². The van der Waals surface area contributed by atoms with Crippen molar-refractivity contribution in [3.63, 3.8) is 0 Å². The second kappa shape index (κ2) is 5.61. The molecule has 0 radical (unpaired) electrons. The fraction of sp³-hybridized carbons (Fsp3) is 0.200. The number of nitrogens with two attached hydrogens (primary N) is 1. The van der Waals surface area contributed by atoms with Gasteiger partial charge in [0.15, 0.2) is 0 Å². The Kier molecular flexibility index (Phi) is 3.89. The summed E-state index contributed by atoms with van der Waals surface area (Å²) in [5, 5.41) is 10.8. The largest absolute Gasteiger partial charge is 0.489 e. The summed E-state index contributed by atoms with van der Waals surface area (Å²) in [4.78, 5) is 10.3. The molecule has 0 aliphatic carbocycles. The molecule has 0 fully saturated rings. The van der Waals surface area contributed by atoms with Gasteiger partial charge in [-0.3, -0.25) is 10.1 Å².